The fourth-order valence-corrected chi connectivity index (χ4v) is 3.58. The average molecular weight is 321 g/mol. The van der Waals surface area contributed by atoms with E-state index in [1.165, 1.54) is 6.92 Å². The fraction of sp³-hybridized carbons (Fsp3) is 0.500. The van der Waals surface area contributed by atoms with Gasteiger partial charge >= 0.3 is 0 Å². The number of aryl methyl sites for hydroxylation is 1. The second-order valence-electron chi connectivity index (χ2n) is 4.21. The molecule has 0 amide bonds. The molecule has 0 aliphatic rings. The van der Waals surface area contributed by atoms with Crippen molar-refractivity contribution in [2.45, 2.75) is 30.5 Å². The first-order valence-electron chi connectivity index (χ1n) is 5.38. The van der Waals surface area contributed by atoms with Gasteiger partial charge in [0.25, 0.3) is 0 Å². The highest BCUT2D eigenvalue weighted by Gasteiger charge is 2.42. The molecule has 1 aromatic rings. The first kappa shape index (κ1) is 14.7. The van der Waals surface area contributed by atoms with E-state index in [0.717, 1.165) is 5.56 Å². The van der Waals surface area contributed by atoms with Gasteiger partial charge in [0.05, 0.1) is 0 Å². The lowest BCUT2D eigenvalue weighted by Gasteiger charge is -2.28. The Kier molecular flexibility index (Phi) is 4.38. The van der Waals surface area contributed by atoms with E-state index in [1.54, 1.807) is 25.1 Å². The third-order valence-electron chi connectivity index (χ3n) is 2.83. The maximum atomic E-state index is 11.9. The molecule has 1 N–H and O–H groups in total. The Morgan fingerprint density at radius 1 is 1.47 bits per heavy atom. The van der Waals surface area contributed by atoms with Gasteiger partial charge in [0, 0.05) is 5.75 Å². The van der Waals surface area contributed by atoms with E-state index < -0.39 is 19.6 Å². The summed E-state index contributed by atoms with van der Waals surface area (Å²) in [5.41, 5.74) is 1.58. The van der Waals surface area contributed by atoms with E-state index in [0.29, 0.717) is 5.56 Å². The van der Waals surface area contributed by atoms with Gasteiger partial charge in [-0.25, -0.2) is 8.42 Å². The molecule has 0 radical (unpaired) electrons. The smallest absolute Gasteiger partial charge is 0.168 e. The number of rotatable bonds is 4. The SMILES string of the molecule is CCS(=O)(=O)[C@](C)(Br)[C@H](O)c1cccc(C)c1. The second kappa shape index (κ2) is 5.08. The van der Waals surface area contributed by atoms with Gasteiger partial charge in [-0.05, 0) is 19.4 Å². The molecule has 0 aliphatic carbocycles. The highest BCUT2D eigenvalue weighted by atomic mass is 79.9. The summed E-state index contributed by atoms with van der Waals surface area (Å²) in [6, 6.07) is 7.21. The minimum absolute atomic E-state index is 0.0162. The van der Waals surface area contributed by atoms with Crippen molar-refractivity contribution in [3.63, 3.8) is 0 Å². The van der Waals surface area contributed by atoms with Gasteiger partial charge < -0.3 is 5.11 Å². The Balaban J connectivity index is 3.17. The molecule has 96 valence electrons. The second-order valence-corrected chi connectivity index (χ2v) is 9.03. The van der Waals surface area contributed by atoms with Crippen molar-refractivity contribution in [2.75, 3.05) is 5.75 Å². The summed E-state index contributed by atoms with van der Waals surface area (Å²) in [6.07, 6.45) is -1.09. The Bertz CT molecular complexity index is 494. The van der Waals surface area contributed by atoms with E-state index in [9.17, 15) is 13.5 Å². The molecule has 3 nitrogen and oxygen atoms in total. The van der Waals surface area contributed by atoms with Crippen LogP contribution < -0.4 is 0 Å². The Morgan fingerprint density at radius 2 is 2.06 bits per heavy atom. The van der Waals surface area contributed by atoms with Crippen LogP contribution in [0.3, 0.4) is 0 Å². The lowest BCUT2D eigenvalue weighted by Crippen LogP contribution is -2.36. The molecule has 5 heteroatoms. The number of hydrogen-bond acceptors (Lipinski definition) is 3. The number of alkyl halides is 1. The Morgan fingerprint density at radius 3 is 2.53 bits per heavy atom. The van der Waals surface area contributed by atoms with Crippen LogP contribution in [0.25, 0.3) is 0 Å². The monoisotopic (exact) mass is 320 g/mol. The quantitative estimate of drug-likeness (QED) is 0.867. The van der Waals surface area contributed by atoms with Crippen molar-refractivity contribution >= 4 is 25.8 Å². The third kappa shape index (κ3) is 2.89. The number of sulfone groups is 1. The molecule has 2 atom stereocenters. The molecular weight excluding hydrogens is 304 g/mol. The van der Waals surface area contributed by atoms with Crippen molar-refractivity contribution in [1.82, 2.24) is 0 Å². The van der Waals surface area contributed by atoms with Gasteiger partial charge in [-0.1, -0.05) is 52.7 Å². The number of benzene rings is 1. The molecule has 1 aromatic carbocycles. The van der Waals surface area contributed by atoms with Crippen LogP contribution in [0.2, 0.25) is 0 Å². The number of aliphatic hydroxyl groups is 1. The number of aliphatic hydroxyl groups excluding tert-OH is 1. The van der Waals surface area contributed by atoms with E-state index in [2.05, 4.69) is 15.9 Å². The van der Waals surface area contributed by atoms with Crippen LogP contribution in [0.1, 0.15) is 31.1 Å². The predicted octanol–water partition coefficient (Wildman–Crippen LogP) is 2.57. The Labute approximate surface area is 111 Å². The van der Waals surface area contributed by atoms with Crippen molar-refractivity contribution in [3.05, 3.63) is 35.4 Å². The van der Waals surface area contributed by atoms with Crippen molar-refractivity contribution < 1.29 is 13.5 Å². The lowest BCUT2D eigenvalue weighted by molar-refractivity contribution is 0.167. The van der Waals surface area contributed by atoms with E-state index >= 15 is 0 Å². The normalized spacial score (nSPS) is 17.5. The van der Waals surface area contributed by atoms with Gasteiger partial charge in [-0.3, -0.25) is 0 Å². The molecule has 0 aromatic heterocycles. The molecule has 17 heavy (non-hydrogen) atoms. The van der Waals surface area contributed by atoms with Gasteiger partial charge in [0.2, 0.25) is 0 Å². The van der Waals surface area contributed by atoms with Crippen LogP contribution in [-0.4, -0.2) is 22.9 Å². The standard InChI is InChI=1S/C12H17BrO3S/c1-4-17(15,16)12(3,13)11(14)10-7-5-6-9(2)8-10/h5-8,11,14H,4H2,1-3H3/t11-,12+/m1/s1. The maximum absolute atomic E-state index is 11.9. The minimum atomic E-state index is -3.39. The van der Waals surface area contributed by atoms with Gasteiger partial charge in [-0.15, -0.1) is 0 Å². The first-order valence-corrected chi connectivity index (χ1v) is 7.82. The summed E-state index contributed by atoms with van der Waals surface area (Å²) in [5, 5.41) is 10.2. The largest absolute Gasteiger partial charge is 0.386 e. The van der Waals surface area contributed by atoms with Crippen molar-refractivity contribution in [3.8, 4) is 0 Å². The van der Waals surface area contributed by atoms with Crippen LogP contribution in [0.5, 0.6) is 0 Å². The number of hydrogen-bond donors (Lipinski definition) is 1. The molecule has 1 rings (SSSR count). The molecule has 0 fully saturated rings. The van der Waals surface area contributed by atoms with E-state index in [4.69, 9.17) is 0 Å². The third-order valence-corrected chi connectivity index (χ3v) is 6.95. The predicted molar refractivity (Wildman–Crippen MR) is 72.9 cm³/mol. The van der Waals surface area contributed by atoms with Gasteiger partial charge in [-0.2, -0.15) is 0 Å². The highest BCUT2D eigenvalue weighted by molar-refractivity contribution is 9.11. The summed E-state index contributed by atoms with van der Waals surface area (Å²) >= 11 is 3.15. The summed E-state index contributed by atoms with van der Waals surface area (Å²) in [5.74, 6) is -0.0162. The molecule has 0 heterocycles. The van der Waals surface area contributed by atoms with E-state index in [1.807, 2.05) is 13.0 Å². The van der Waals surface area contributed by atoms with Gasteiger partial charge in [0.1, 0.15) is 6.10 Å². The number of halogens is 1. The highest BCUT2D eigenvalue weighted by Crippen LogP contribution is 2.38. The van der Waals surface area contributed by atoms with Crippen LogP contribution in [0.15, 0.2) is 24.3 Å². The summed E-state index contributed by atoms with van der Waals surface area (Å²) in [7, 11) is -3.39. The molecule has 0 aliphatic heterocycles. The van der Waals surface area contributed by atoms with E-state index in [-0.39, 0.29) is 5.75 Å². The van der Waals surface area contributed by atoms with Crippen molar-refractivity contribution in [1.29, 1.82) is 0 Å². The lowest BCUT2D eigenvalue weighted by atomic mass is 10.0. The summed E-state index contributed by atoms with van der Waals surface area (Å²) in [6.45, 7) is 4.95. The maximum Gasteiger partial charge on any atom is 0.168 e. The molecular formula is C12H17BrO3S. The molecule has 0 spiro atoms. The van der Waals surface area contributed by atoms with Crippen molar-refractivity contribution in [2.24, 2.45) is 0 Å². The first-order chi connectivity index (χ1) is 7.72. The zero-order valence-corrected chi connectivity index (χ0v) is 12.5. The molecule has 0 saturated heterocycles. The zero-order valence-electron chi connectivity index (χ0n) is 10.1. The topological polar surface area (TPSA) is 54.4 Å². The average Bonchev–Trinajstić information content (AvgIpc) is 2.27. The van der Waals surface area contributed by atoms with Crippen LogP contribution in [-0.2, 0) is 9.84 Å². The molecule has 0 saturated carbocycles. The van der Waals surface area contributed by atoms with Crippen LogP contribution in [0.4, 0.5) is 0 Å². The summed E-state index contributed by atoms with van der Waals surface area (Å²) in [4.78, 5) is 0. The summed E-state index contributed by atoms with van der Waals surface area (Å²) < 4.78 is 22.5. The minimum Gasteiger partial charge on any atom is -0.386 e. The van der Waals surface area contributed by atoms with Gasteiger partial charge in [0.15, 0.2) is 13.5 Å². The molecule has 0 unspecified atom stereocenters. The fourth-order valence-electron chi connectivity index (χ4n) is 1.59. The van der Waals surface area contributed by atoms with Crippen LogP contribution >= 0.6 is 15.9 Å². The van der Waals surface area contributed by atoms with Crippen LogP contribution in [0, 0.1) is 6.92 Å². The Hall–Kier alpha value is -0.390. The zero-order chi connectivity index (χ0) is 13.3. The molecule has 0 bridgehead atoms.